The summed E-state index contributed by atoms with van der Waals surface area (Å²) >= 11 is 1.25. The number of esters is 1. The van der Waals surface area contributed by atoms with Crippen LogP contribution in [0.1, 0.15) is 42.4 Å². The van der Waals surface area contributed by atoms with E-state index in [2.05, 4.69) is 5.32 Å². The molecule has 1 heterocycles. The summed E-state index contributed by atoms with van der Waals surface area (Å²) in [5, 5.41) is 12.0. The third-order valence-electron chi connectivity index (χ3n) is 2.79. The average molecular weight is 313 g/mol. The van der Waals surface area contributed by atoms with Crippen LogP contribution in [0.15, 0.2) is 6.07 Å². The second kappa shape index (κ2) is 6.71. The first kappa shape index (κ1) is 17.2. The lowest BCUT2D eigenvalue weighted by Gasteiger charge is -2.18. The minimum Gasteiger partial charge on any atom is -0.481 e. The van der Waals surface area contributed by atoms with Crippen LogP contribution in [0.5, 0.6) is 0 Å². The maximum absolute atomic E-state index is 12.0. The SMILES string of the molecule is CCOC(=O)c1cc(C)sc1NC(=O)CC(C)(C)C(=O)O. The number of ether oxygens (including phenoxy) is 1. The van der Waals surface area contributed by atoms with Gasteiger partial charge in [0, 0.05) is 11.3 Å². The summed E-state index contributed by atoms with van der Waals surface area (Å²) in [6, 6.07) is 1.64. The molecule has 0 saturated carbocycles. The molecule has 0 bridgehead atoms. The largest absolute Gasteiger partial charge is 0.481 e. The van der Waals surface area contributed by atoms with E-state index < -0.39 is 23.3 Å². The Morgan fingerprint density at radius 3 is 2.52 bits per heavy atom. The molecule has 0 aliphatic rings. The quantitative estimate of drug-likeness (QED) is 0.788. The molecule has 1 amide bonds. The van der Waals surface area contributed by atoms with Crippen molar-refractivity contribution in [1.29, 1.82) is 0 Å². The number of anilines is 1. The zero-order valence-corrected chi connectivity index (χ0v) is 13.3. The Kier molecular flexibility index (Phi) is 5.48. The van der Waals surface area contributed by atoms with Crippen LogP contribution in [0.2, 0.25) is 0 Å². The molecule has 0 radical (unpaired) electrons. The molecule has 6 nitrogen and oxygen atoms in total. The fourth-order valence-electron chi connectivity index (χ4n) is 1.62. The average Bonchev–Trinajstić information content (AvgIpc) is 2.69. The number of carboxylic acids is 1. The number of aryl methyl sites for hydroxylation is 1. The molecule has 0 fully saturated rings. The molecule has 7 heteroatoms. The summed E-state index contributed by atoms with van der Waals surface area (Å²) in [6.07, 6.45) is -0.179. The van der Waals surface area contributed by atoms with Gasteiger partial charge in [-0.05, 0) is 33.8 Å². The fraction of sp³-hybridized carbons (Fsp3) is 0.500. The smallest absolute Gasteiger partial charge is 0.341 e. The Morgan fingerprint density at radius 2 is 2.00 bits per heavy atom. The normalized spacial score (nSPS) is 11.0. The van der Waals surface area contributed by atoms with E-state index in [1.807, 2.05) is 6.92 Å². The fourth-order valence-corrected chi connectivity index (χ4v) is 2.53. The van der Waals surface area contributed by atoms with Crippen molar-refractivity contribution in [2.24, 2.45) is 5.41 Å². The van der Waals surface area contributed by atoms with Crippen molar-refractivity contribution in [2.45, 2.75) is 34.1 Å². The zero-order valence-electron chi connectivity index (χ0n) is 12.5. The molecule has 116 valence electrons. The summed E-state index contributed by atoms with van der Waals surface area (Å²) in [5.74, 6) is -2.00. The Hall–Kier alpha value is -1.89. The van der Waals surface area contributed by atoms with Gasteiger partial charge >= 0.3 is 11.9 Å². The molecule has 1 rings (SSSR count). The van der Waals surface area contributed by atoms with Gasteiger partial charge in [-0.3, -0.25) is 9.59 Å². The third kappa shape index (κ3) is 4.56. The highest BCUT2D eigenvalue weighted by molar-refractivity contribution is 7.16. The van der Waals surface area contributed by atoms with E-state index in [0.29, 0.717) is 10.6 Å². The van der Waals surface area contributed by atoms with E-state index in [0.717, 1.165) is 4.88 Å². The van der Waals surface area contributed by atoms with Crippen molar-refractivity contribution in [1.82, 2.24) is 0 Å². The lowest BCUT2D eigenvalue weighted by Crippen LogP contribution is -2.29. The number of carbonyl (C=O) groups excluding carboxylic acids is 2. The number of hydrogen-bond donors (Lipinski definition) is 2. The second-order valence-corrected chi connectivity index (χ2v) is 6.49. The van der Waals surface area contributed by atoms with E-state index >= 15 is 0 Å². The Labute approximate surface area is 127 Å². The number of carboxylic acid groups (broad SMARTS) is 1. The predicted octanol–water partition coefficient (Wildman–Crippen LogP) is 2.67. The molecule has 0 aliphatic heterocycles. The van der Waals surface area contributed by atoms with Crippen LogP contribution in [-0.4, -0.2) is 29.6 Å². The lowest BCUT2D eigenvalue weighted by atomic mass is 9.89. The molecule has 0 unspecified atom stereocenters. The monoisotopic (exact) mass is 313 g/mol. The van der Waals surface area contributed by atoms with Crippen LogP contribution >= 0.6 is 11.3 Å². The summed E-state index contributed by atoms with van der Waals surface area (Å²) in [7, 11) is 0. The Balaban J connectivity index is 2.86. The van der Waals surface area contributed by atoms with Crippen molar-refractivity contribution < 1.29 is 24.2 Å². The van der Waals surface area contributed by atoms with Crippen molar-refractivity contribution in [3.63, 3.8) is 0 Å². The van der Waals surface area contributed by atoms with Crippen molar-refractivity contribution in [2.75, 3.05) is 11.9 Å². The number of aliphatic carboxylic acids is 1. The van der Waals surface area contributed by atoms with Gasteiger partial charge in [0.1, 0.15) is 5.00 Å². The molecule has 0 aromatic carbocycles. The standard InChI is InChI=1S/C14H19NO5S/c1-5-20-12(17)9-6-8(2)21-11(9)15-10(16)7-14(3,4)13(18)19/h6H,5,7H2,1-4H3,(H,15,16)(H,18,19). The number of rotatable bonds is 6. The third-order valence-corrected chi connectivity index (χ3v) is 3.75. The summed E-state index contributed by atoms with van der Waals surface area (Å²) in [4.78, 5) is 35.6. The van der Waals surface area contributed by atoms with Gasteiger partial charge in [-0.15, -0.1) is 11.3 Å². The van der Waals surface area contributed by atoms with Gasteiger partial charge in [-0.2, -0.15) is 0 Å². The number of amides is 1. The second-order valence-electron chi connectivity index (χ2n) is 5.23. The number of thiophene rings is 1. The highest BCUT2D eigenvalue weighted by atomic mass is 32.1. The number of hydrogen-bond acceptors (Lipinski definition) is 5. The number of nitrogens with one attached hydrogen (secondary N) is 1. The summed E-state index contributed by atoms with van der Waals surface area (Å²) in [6.45, 7) is 6.70. The Bertz CT molecular complexity index is 562. The zero-order chi connectivity index (χ0) is 16.2. The van der Waals surface area contributed by atoms with E-state index in [-0.39, 0.29) is 13.0 Å². The molecule has 1 aromatic heterocycles. The van der Waals surface area contributed by atoms with Crippen molar-refractivity contribution in [3.8, 4) is 0 Å². The molecule has 0 saturated heterocycles. The summed E-state index contributed by atoms with van der Waals surface area (Å²) < 4.78 is 4.92. The van der Waals surface area contributed by atoms with Crippen LogP contribution < -0.4 is 5.32 Å². The van der Waals surface area contributed by atoms with Gasteiger partial charge in [0.05, 0.1) is 17.6 Å². The number of carbonyl (C=O) groups is 3. The Morgan fingerprint density at radius 1 is 1.38 bits per heavy atom. The molecular formula is C14H19NO5S. The van der Waals surface area contributed by atoms with E-state index in [1.54, 1.807) is 13.0 Å². The van der Waals surface area contributed by atoms with Gasteiger partial charge in [-0.1, -0.05) is 0 Å². The minimum atomic E-state index is -1.17. The minimum absolute atomic E-state index is 0.179. The van der Waals surface area contributed by atoms with Crippen LogP contribution in [-0.2, 0) is 14.3 Å². The van der Waals surface area contributed by atoms with E-state index in [1.165, 1.54) is 25.2 Å². The van der Waals surface area contributed by atoms with E-state index in [9.17, 15) is 14.4 Å². The first-order valence-electron chi connectivity index (χ1n) is 6.48. The molecular weight excluding hydrogens is 294 g/mol. The van der Waals surface area contributed by atoms with Crippen LogP contribution in [0.4, 0.5) is 5.00 Å². The summed E-state index contributed by atoms with van der Waals surface area (Å²) in [5.41, 5.74) is -0.874. The van der Waals surface area contributed by atoms with Crippen LogP contribution in [0, 0.1) is 12.3 Å². The first-order valence-corrected chi connectivity index (χ1v) is 7.30. The molecule has 0 spiro atoms. The highest BCUT2D eigenvalue weighted by Crippen LogP contribution is 2.29. The topological polar surface area (TPSA) is 92.7 Å². The highest BCUT2D eigenvalue weighted by Gasteiger charge is 2.30. The van der Waals surface area contributed by atoms with Gasteiger partial charge in [0.25, 0.3) is 0 Å². The van der Waals surface area contributed by atoms with Crippen LogP contribution in [0.3, 0.4) is 0 Å². The molecule has 0 atom stereocenters. The lowest BCUT2D eigenvalue weighted by molar-refractivity contribution is -0.148. The van der Waals surface area contributed by atoms with Crippen molar-refractivity contribution >= 4 is 34.2 Å². The molecule has 2 N–H and O–H groups in total. The molecule has 21 heavy (non-hydrogen) atoms. The van der Waals surface area contributed by atoms with Crippen molar-refractivity contribution in [3.05, 3.63) is 16.5 Å². The van der Waals surface area contributed by atoms with Gasteiger partial charge in [0.15, 0.2) is 0 Å². The molecule has 0 aliphatic carbocycles. The first-order chi connectivity index (χ1) is 9.67. The van der Waals surface area contributed by atoms with Gasteiger partial charge in [0.2, 0.25) is 5.91 Å². The molecule has 1 aromatic rings. The predicted molar refractivity (Wildman–Crippen MR) is 79.7 cm³/mol. The van der Waals surface area contributed by atoms with Crippen LogP contribution in [0.25, 0.3) is 0 Å². The maximum atomic E-state index is 12.0. The van der Waals surface area contributed by atoms with Gasteiger partial charge in [-0.25, -0.2) is 4.79 Å². The maximum Gasteiger partial charge on any atom is 0.341 e. The van der Waals surface area contributed by atoms with Gasteiger partial charge < -0.3 is 15.2 Å². The van der Waals surface area contributed by atoms with E-state index in [4.69, 9.17) is 9.84 Å².